The first kappa shape index (κ1) is 11.8. The van der Waals surface area contributed by atoms with Gasteiger partial charge in [-0.3, -0.25) is 0 Å². The fourth-order valence-electron chi connectivity index (χ4n) is 1.50. The van der Waals surface area contributed by atoms with Gasteiger partial charge in [0, 0.05) is 4.91 Å². The summed E-state index contributed by atoms with van der Waals surface area (Å²) in [5.41, 5.74) is 11.2. The summed E-state index contributed by atoms with van der Waals surface area (Å²) in [5, 5.41) is 22.7. The van der Waals surface area contributed by atoms with E-state index in [4.69, 9.17) is 5.53 Å². The number of thiazole rings is 1. The Labute approximate surface area is 101 Å². The molecule has 0 spiro atoms. The molecule has 0 aliphatic carbocycles. The van der Waals surface area contributed by atoms with E-state index in [2.05, 4.69) is 15.0 Å². The molecular weight excluding hydrogens is 240 g/mol. The monoisotopic (exact) mass is 250 g/mol. The summed E-state index contributed by atoms with van der Waals surface area (Å²) >= 11 is 1.51. The molecular formula is C10H10N4O2S. The Morgan fingerprint density at radius 1 is 1.47 bits per heavy atom. The lowest BCUT2D eigenvalue weighted by Gasteiger charge is -2.15. The minimum Gasteiger partial charge on any atom is -0.390 e. The standard InChI is InChI=1S/C10H10N4O2S/c11-14-13-4-8(15)10(16)6-1-2-9-7(3-6)12-5-17-9/h1-3,5,8,10,15-16H,4H2. The van der Waals surface area contributed by atoms with Crippen LogP contribution in [-0.4, -0.2) is 27.8 Å². The number of aliphatic hydroxyl groups is 2. The van der Waals surface area contributed by atoms with Gasteiger partial charge >= 0.3 is 0 Å². The van der Waals surface area contributed by atoms with Crippen LogP contribution in [0.1, 0.15) is 11.7 Å². The van der Waals surface area contributed by atoms with Crippen LogP contribution in [0.2, 0.25) is 0 Å². The van der Waals surface area contributed by atoms with Gasteiger partial charge in [0.05, 0.1) is 28.4 Å². The van der Waals surface area contributed by atoms with Crippen LogP contribution in [0, 0.1) is 0 Å². The first-order valence-corrected chi connectivity index (χ1v) is 5.80. The Kier molecular flexibility index (Phi) is 3.55. The third-order valence-corrected chi connectivity index (χ3v) is 3.20. The SMILES string of the molecule is [N-]=[N+]=NCC(O)C(O)c1ccc2scnc2c1. The van der Waals surface area contributed by atoms with Crippen molar-refractivity contribution in [3.05, 3.63) is 39.7 Å². The molecule has 0 saturated carbocycles. The van der Waals surface area contributed by atoms with Gasteiger partial charge in [-0.2, -0.15) is 0 Å². The molecule has 0 radical (unpaired) electrons. The van der Waals surface area contributed by atoms with Crippen LogP contribution < -0.4 is 0 Å². The van der Waals surface area contributed by atoms with Gasteiger partial charge in [-0.25, -0.2) is 4.98 Å². The summed E-state index contributed by atoms with van der Waals surface area (Å²) in [6.45, 7) is -0.160. The minimum atomic E-state index is -1.11. The highest BCUT2D eigenvalue weighted by Crippen LogP contribution is 2.24. The van der Waals surface area contributed by atoms with E-state index in [-0.39, 0.29) is 6.54 Å². The molecule has 2 aromatic rings. The van der Waals surface area contributed by atoms with E-state index in [0.717, 1.165) is 10.2 Å². The Morgan fingerprint density at radius 2 is 2.29 bits per heavy atom. The highest BCUT2D eigenvalue weighted by molar-refractivity contribution is 7.16. The molecule has 6 nitrogen and oxygen atoms in total. The zero-order chi connectivity index (χ0) is 12.3. The highest BCUT2D eigenvalue weighted by Gasteiger charge is 2.18. The Bertz CT molecular complexity index is 564. The van der Waals surface area contributed by atoms with Gasteiger partial charge in [-0.05, 0) is 23.2 Å². The second-order valence-electron chi connectivity index (χ2n) is 3.51. The van der Waals surface area contributed by atoms with Crippen LogP contribution in [0.15, 0.2) is 28.8 Å². The average Bonchev–Trinajstić information content (AvgIpc) is 2.81. The van der Waals surface area contributed by atoms with E-state index in [1.807, 2.05) is 6.07 Å². The van der Waals surface area contributed by atoms with E-state index in [0.29, 0.717) is 5.56 Å². The fourth-order valence-corrected chi connectivity index (χ4v) is 2.16. The maximum atomic E-state index is 9.85. The molecule has 0 bridgehead atoms. The third kappa shape index (κ3) is 2.54. The molecule has 2 unspecified atom stereocenters. The van der Waals surface area contributed by atoms with Gasteiger partial charge in [-0.1, -0.05) is 11.2 Å². The molecule has 0 fully saturated rings. The van der Waals surface area contributed by atoms with Crippen LogP contribution in [0.5, 0.6) is 0 Å². The third-order valence-electron chi connectivity index (χ3n) is 2.39. The summed E-state index contributed by atoms with van der Waals surface area (Å²) < 4.78 is 1.02. The topological polar surface area (TPSA) is 102 Å². The van der Waals surface area contributed by atoms with E-state index in [9.17, 15) is 10.2 Å². The van der Waals surface area contributed by atoms with Crippen molar-refractivity contribution in [1.82, 2.24) is 4.98 Å². The number of aromatic nitrogens is 1. The van der Waals surface area contributed by atoms with Crippen molar-refractivity contribution in [3.63, 3.8) is 0 Å². The molecule has 7 heteroatoms. The van der Waals surface area contributed by atoms with Crippen LogP contribution in [0.4, 0.5) is 0 Å². The van der Waals surface area contributed by atoms with E-state index in [1.54, 1.807) is 17.6 Å². The summed E-state index contributed by atoms with van der Waals surface area (Å²) in [7, 11) is 0. The Morgan fingerprint density at radius 3 is 3.06 bits per heavy atom. The number of fused-ring (bicyclic) bond motifs is 1. The Balaban J connectivity index is 2.22. The quantitative estimate of drug-likeness (QED) is 0.492. The van der Waals surface area contributed by atoms with Crippen molar-refractivity contribution >= 4 is 21.6 Å². The molecule has 1 aromatic carbocycles. The van der Waals surface area contributed by atoms with Crippen LogP contribution >= 0.6 is 11.3 Å². The molecule has 1 heterocycles. The summed E-state index contributed by atoms with van der Waals surface area (Å²) in [5.74, 6) is 0. The first-order valence-electron chi connectivity index (χ1n) is 4.92. The molecule has 2 atom stereocenters. The summed E-state index contributed by atoms with van der Waals surface area (Å²) in [6.07, 6.45) is -2.19. The van der Waals surface area contributed by atoms with Crippen molar-refractivity contribution in [2.75, 3.05) is 6.54 Å². The van der Waals surface area contributed by atoms with Crippen LogP contribution in [0.3, 0.4) is 0 Å². The largest absolute Gasteiger partial charge is 0.390 e. The van der Waals surface area contributed by atoms with Crippen molar-refractivity contribution in [3.8, 4) is 0 Å². The molecule has 2 rings (SSSR count). The smallest absolute Gasteiger partial charge is 0.105 e. The molecule has 2 N–H and O–H groups in total. The van der Waals surface area contributed by atoms with Crippen molar-refractivity contribution < 1.29 is 10.2 Å². The minimum absolute atomic E-state index is 0.160. The number of azide groups is 1. The van der Waals surface area contributed by atoms with E-state index < -0.39 is 12.2 Å². The average molecular weight is 250 g/mol. The van der Waals surface area contributed by atoms with Crippen LogP contribution in [-0.2, 0) is 0 Å². The molecule has 88 valence electrons. The number of aliphatic hydroxyl groups excluding tert-OH is 2. The number of nitrogens with zero attached hydrogens (tertiary/aromatic N) is 4. The molecule has 0 saturated heterocycles. The predicted octanol–water partition coefficient (Wildman–Crippen LogP) is 2.00. The maximum absolute atomic E-state index is 9.85. The number of hydrogen-bond donors (Lipinski definition) is 2. The normalized spacial score (nSPS) is 14.2. The molecule has 0 amide bonds. The van der Waals surface area contributed by atoms with Gasteiger partial charge in [0.15, 0.2) is 0 Å². The van der Waals surface area contributed by atoms with E-state index in [1.165, 1.54) is 11.3 Å². The van der Waals surface area contributed by atoms with Crippen molar-refractivity contribution in [1.29, 1.82) is 0 Å². The fraction of sp³-hybridized carbons (Fsp3) is 0.300. The van der Waals surface area contributed by atoms with Crippen molar-refractivity contribution in [2.24, 2.45) is 5.11 Å². The summed E-state index contributed by atoms with van der Waals surface area (Å²) in [4.78, 5) is 6.66. The molecule has 0 aliphatic rings. The lowest BCUT2D eigenvalue weighted by molar-refractivity contribution is 0.0245. The second kappa shape index (κ2) is 5.11. The first-order chi connectivity index (χ1) is 8.22. The lowest BCUT2D eigenvalue weighted by Crippen LogP contribution is -2.21. The summed E-state index contributed by atoms with van der Waals surface area (Å²) in [6, 6.07) is 5.28. The van der Waals surface area contributed by atoms with Gasteiger partial charge in [-0.15, -0.1) is 11.3 Å². The van der Waals surface area contributed by atoms with Gasteiger partial charge in [0.1, 0.15) is 6.10 Å². The predicted molar refractivity (Wildman–Crippen MR) is 64.6 cm³/mol. The van der Waals surface area contributed by atoms with E-state index >= 15 is 0 Å². The molecule has 17 heavy (non-hydrogen) atoms. The van der Waals surface area contributed by atoms with Gasteiger partial charge in [0.2, 0.25) is 0 Å². The maximum Gasteiger partial charge on any atom is 0.105 e. The number of rotatable bonds is 4. The highest BCUT2D eigenvalue weighted by atomic mass is 32.1. The lowest BCUT2D eigenvalue weighted by atomic mass is 10.0. The molecule has 1 aromatic heterocycles. The van der Waals surface area contributed by atoms with Gasteiger partial charge < -0.3 is 10.2 Å². The number of benzene rings is 1. The Hall–Kier alpha value is -1.66. The zero-order valence-corrected chi connectivity index (χ0v) is 9.58. The number of hydrogen-bond acceptors (Lipinski definition) is 5. The second-order valence-corrected chi connectivity index (χ2v) is 4.39. The molecule has 0 aliphatic heterocycles. The zero-order valence-electron chi connectivity index (χ0n) is 8.76. The van der Waals surface area contributed by atoms with Gasteiger partial charge in [0.25, 0.3) is 0 Å². The van der Waals surface area contributed by atoms with Crippen molar-refractivity contribution in [2.45, 2.75) is 12.2 Å². The van der Waals surface area contributed by atoms with Crippen LogP contribution in [0.25, 0.3) is 20.7 Å².